The molecule has 0 saturated heterocycles. The summed E-state index contributed by atoms with van der Waals surface area (Å²) >= 11 is 0. The van der Waals surface area contributed by atoms with Crippen LogP contribution in [0.4, 0.5) is 0 Å². The van der Waals surface area contributed by atoms with Crippen molar-refractivity contribution in [2.75, 3.05) is 0 Å². The highest BCUT2D eigenvalue weighted by Crippen LogP contribution is 2.41. The van der Waals surface area contributed by atoms with Crippen LogP contribution in [0.25, 0.3) is 88.1 Å². The van der Waals surface area contributed by atoms with Crippen LogP contribution in [-0.2, 0) is 0 Å². The number of para-hydroxylation sites is 4. The van der Waals surface area contributed by atoms with Crippen molar-refractivity contribution in [1.29, 1.82) is 0 Å². The Hall–Kier alpha value is -6.06. The van der Waals surface area contributed by atoms with Gasteiger partial charge in [0.1, 0.15) is 11.2 Å². The third-order valence-electron chi connectivity index (χ3n) is 9.33. The van der Waals surface area contributed by atoms with E-state index in [9.17, 15) is 0 Å². The van der Waals surface area contributed by atoms with Crippen molar-refractivity contribution in [1.82, 2.24) is 9.13 Å². The van der Waals surface area contributed by atoms with Crippen LogP contribution in [0.3, 0.4) is 0 Å². The summed E-state index contributed by atoms with van der Waals surface area (Å²) in [4.78, 5) is 0. The standard InChI is InChI=1S/C42H26N2O/c1-2-10-29(11-3-1)43-36-15-7-4-12-31(36)35-26-28(20-24-38(35)43)27-18-21-30(22-19-27)44-37-16-8-5-14-34(37)41-39(44)25-23-33-32-13-6-9-17-40(32)45-42(33)41/h1-26H. The van der Waals surface area contributed by atoms with E-state index in [4.69, 9.17) is 4.42 Å². The summed E-state index contributed by atoms with van der Waals surface area (Å²) in [5, 5.41) is 7.18. The van der Waals surface area contributed by atoms with E-state index in [1.165, 1.54) is 49.5 Å². The second kappa shape index (κ2) is 9.22. The maximum atomic E-state index is 6.48. The van der Waals surface area contributed by atoms with Crippen molar-refractivity contribution < 1.29 is 4.42 Å². The van der Waals surface area contributed by atoms with E-state index in [1.807, 2.05) is 6.07 Å². The van der Waals surface area contributed by atoms with Gasteiger partial charge in [-0.2, -0.15) is 0 Å². The first-order chi connectivity index (χ1) is 22.3. The van der Waals surface area contributed by atoms with Gasteiger partial charge in [0.15, 0.2) is 0 Å². The topological polar surface area (TPSA) is 23.0 Å². The van der Waals surface area contributed by atoms with E-state index < -0.39 is 0 Å². The molecule has 0 bridgehead atoms. The number of hydrogen-bond donors (Lipinski definition) is 0. The van der Waals surface area contributed by atoms with Crippen LogP contribution < -0.4 is 0 Å². The van der Waals surface area contributed by atoms with Crippen LogP contribution in [0.5, 0.6) is 0 Å². The number of fused-ring (bicyclic) bond motifs is 10. The molecule has 0 fully saturated rings. The molecule has 3 aromatic heterocycles. The number of nitrogens with zero attached hydrogens (tertiary/aromatic N) is 2. The highest BCUT2D eigenvalue weighted by molar-refractivity contribution is 6.23. The van der Waals surface area contributed by atoms with E-state index in [2.05, 4.69) is 161 Å². The molecular formula is C42H26N2O. The minimum Gasteiger partial charge on any atom is -0.455 e. The molecule has 0 amide bonds. The van der Waals surface area contributed by atoms with E-state index in [1.54, 1.807) is 0 Å². The Morgan fingerprint density at radius 1 is 0.356 bits per heavy atom. The molecule has 10 aromatic rings. The monoisotopic (exact) mass is 574 g/mol. The van der Waals surface area contributed by atoms with Crippen LogP contribution in [-0.4, -0.2) is 9.13 Å². The van der Waals surface area contributed by atoms with E-state index in [-0.39, 0.29) is 0 Å². The molecule has 10 rings (SSSR count). The van der Waals surface area contributed by atoms with Crippen LogP contribution in [0.2, 0.25) is 0 Å². The van der Waals surface area contributed by atoms with Crippen molar-refractivity contribution in [2.24, 2.45) is 0 Å². The second-order valence-corrected chi connectivity index (χ2v) is 11.8. The Balaban J connectivity index is 1.13. The Morgan fingerprint density at radius 3 is 1.76 bits per heavy atom. The van der Waals surface area contributed by atoms with Gasteiger partial charge in [-0.3, -0.25) is 0 Å². The minimum absolute atomic E-state index is 0.921. The van der Waals surface area contributed by atoms with Gasteiger partial charge >= 0.3 is 0 Å². The van der Waals surface area contributed by atoms with Gasteiger partial charge in [-0.05, 0) is 77.9 Å². The van der Waals surface area contributed by atoms with Gasteiger partial charge in [0.2, 0.25) is 0 Å². The molecule has 3 nitrogen and oxygen atoms in total. The molecule has 0 aliphatic rings. The molecule has 0 N–H and O–H groups in total. The van der Waals surface area contributed by atoms with Crippen LogP contribution in [0.15, 0.2) is 162 Å². The summed E-state index contributed by atoms with van der Waals surface area (Å²) in [5.74, 6) is 0. The molecule has 45 heavy (non-hydrogen) atoms. The third kappa shape index (κ3) is 3.46. The lowest BCUT2D eigenvalue weighted by atomic mass is 10.0. The molecule has 0 aliphatic carbocycles. The Kier molecular flexibility index (Phi) is 5.00. The summed E-state index contributed by atoms with van der Waals surface area (Å²) in [6.07, 6.45) is 0. The largest absolute Gasteiger partial charge is 0.455 e. The van der Waals surface area contributed by atoms with Gasteiger partial charge in [0.05, 0.1) is 27.5 Å². The predicted octanol–water partition coefficient (Wildman–Crippen LogP) is 11.4. The predicted molar refractivity (Wildman–Crippen MR) is 188 cm³/mol. The zero-order valence-electron chi connectivity index (χ0n) is 24.3. The molecule has 0 unspecified atom stereocenters. The van der Waals surface area contributed by atoms with Gasteiger partial charge in [0, 0.05) is 38.3 Å². The van der Waals surface area contributed by atoms with Gasteiger partial charge < -0.3 is 13.6 Å². The lowest BCUT2D eigenvalue weighted by Crippen LogP contribution is -1.94. The summed E-state index contributed by atoms with van der Waals surface area (Å²) in [5.41, 5.74) is 11.3. The normalized spacial score (nSPS) is 12.0. The Labute approximate surface area is 258 Å². The fourth-order valence-electron chi connectivity index (χ4n) is 7.32. The quantitative estimate of drug-likeness (QED) is 0.206. The zero-order chi connectivity index (χ0) is 29.5. The second-order valence-electron chi connectivity index (χ2n) is 11.8. The first kappa shape index (κ1) is 24.4. The van der Waals surface area contributed by atoms with Crippen molar-refractivity contribution in [3.8, 4) is 22.5 Å². The summed E-state index contributed by atoms with van der Waals surface area (Å²) in [6.45, 7) is 0. The molecule has 3 heteroatoms. The lowest BCUT2D eigenvalue weighted by Gasteiger charge is -2.10. The molecule has 3 heterocycles. The summed E-state index contributed by atoms with van der Waals surface area (Å²) in [7, 11) is 0. The number of hydrogen-bond acceptors (Lipinski definition) is 1. The van der Waals surface area contributed by atoms with Gasteiger partial charge in [0.25, 0.3) is 0 Å². The molecule has 210 valence electrons. The van der Waals surface area contributed by atoms with Gasteiger partial charge in [-0.15, -0.1) is 0 Å². The minimum atomic E-state index is 0.921. The fourth-order valence-corrected chi connectivity index (χ4v) is 7.32. The van der Waals surface area contributed by atoms with Crippen molar-refractivity contribution in [3.63, 3.8) is 0 Å². The van der Waals surface area contributed by atoms with Crippen LogP contribution >= 0.6 is 0 Å². The molecule has 0 saturated carbocycles. The average Bonchev–Trinajstić information content (AvgIpc) is 3.76. The maximum absolute atomic E-state index is 6.48. The van der Waals surface area contributed by atoms with Crippen molar-refractivity contribution >= 4 is 65.6 Å². The molecule has 0 spiro atoms. The molecule has 0 aliphatic heterocycles. The Morgan fingerprint density at radius 2 is 0.933 bits per heavy atom. The molecule has 0 radical (unpaired) electrons. The molecule has 0 atom stereocenters. The number of rotatable bonds is 3. The van der Waals surface area contributed by atoms with Crippen molar-refractivity contribution in [3.05, 3.63) is 158 Å². The van der Waals surface area contributed by atoms with Crippen molar-refractivity contribution in [2.45, 2.75) is 0 Å². The number of furan rings is 1. The molecular weight excluding hydrogens is 548 g/mol. The van der Waals surface area contributed by atoms with Gasteiger partial charge in [-0.25, -0.2) is 0 Å². The average molecular weight is 575 g/mol. The molecule has 7 aromatic carbocycles. The first-order valence-electron chi connectivity index (χ1n) is 15.4. The highest BCUT2D eigenvalue weighted by atomic mass is 16.3. The lowest BCUT2D eigenvalue weighted by molar-refractivity contribution is 0.673. The van der Waals surface area contributed by atoms with E-state index in [0.29, 0.717) is 0 Å². The summed E-state index contributed by atoms with van der Waals surface area (Å²) < 4.78 is 11.2. The first-order valence-corrected chi connectivity index (χ1v) is 15.4. The maximum Gasteiger partial charge on any atom is 0.145 e. The number of benzene rings is 7. The van der Waals surface area contributed by atoms with Gasteiger partial charge in [-0.1, -0.05) is 91.0 Å². The fraction of sp³-hybridized carbons (Fsp3) is 0. The number of aromatic nitrogens is 2. The Bertz CT molecular complexity index is 2740. The third-order valence-corrected chi connectivity index (χ3v) is 9.33. The zero-order valence-corrected chi connectivity index (χ0v) is 24.3. The van der Waals surface area contributed by atoms with Crippen LogP contribution in [0.1, 0.15) is 0 Å². The van der Waals surface area contributed by atoms with E-state index >= 15 is 0 Å². The highest BCUT2D eigenvalue weighted by Gasteiger charge is 2.19. The summed E-state index contributed by atoms with van der Waals surface area (Å²) in [6, 6.07) is 56.5. The van der Waals surface area contributed by atoms with E-state index in [0.717, 1.165) is 38.5 Å². The smallest absolute Gasteiger partial charge is 0.145 e. The SMILES string of the molecule is c1ccc(-n2c3ccccc3c3cc(-c4ccc(-n5c6ccccc6c6c7oc8ccccc8c7ccc65)cc4)ccc32)cc1. The van der Waals surface area contributed by atoms with Crippen LogP contribution in [0, 0.1) is 0 Å².